The van der Waals surface area contributed by atoms with Crippen LogP contribution < -0.4 is 10.4 Å². The molecule has 190 valence electrons. The summed E-state index contributed by atoms with van der Waals surface area (Å²) in [7, 11) is 0. The average Bonchev–Trinajstić information content (AvgIpc) is 3.40. The number of carbonyl (C=O) groups is 3. The van der Waals surface area contributed by atoms with Gasteiger partial charge in [-0.05, 0) is 37.5 Å². The van der Waals surface area contributed by atoms with Gasteiger partial charge in [0.25, 0.3) is 5.91 Å². The molecule has 1 aliphatic rings. The van der Waals surface area contributed by atoms with Gasteiger partial charge in [0.2, 0.25) is 0 Å². The Kier molecular flexibility index (Phi) is 7.80. The van der Waals surface area contributed by atoms with Gasteiger partial charge in [-0.25, -0.2) is 14.0 Å². The van der Waals surface area contributed by atoms with Crippen molar-refractivity contribution in [3.63, 3.8) is 0 Å². The number of hydroxylamine groups is 2. The predicted molar refractivity (Wildman–Crippen MR) is 127 cm³/mol. The van der Waals surface area contributed by atoms with Crippen molar-refractivity contribution in [2.45, 2.75) is 58.1 Å². The number of thiophene rings is 1. The van der Waals surface area contributed by atoms with E-state index in [2.05, 4.69) is 0 Å². The summed E-state index contributed by atoms with van der Waals surface area (Å²) in [6.07, 6.45) is 2.29. The first kappa shape index (κ1) is 25.5. The summed E-state index contributed by atoms with van der Waals surface area (Å²) < 4.78 is 24.7. The number of aliphatic hydroxyl groups is 1. The number of ether oxygens (including phenoxy) is 1. The lowest BCUT2D eigenvalue weighted by Crippen LogP contribution is -2.35. The number of carbonyl (C=O) groups excluding carboxylic acids is 3. The van der Waals surface area contributed by atoms with Gasteiger partial charge < -0.3 is 19.1 Å². The Morgan fingerprint density at radius 3 is 2.72 bits per heavy atom. The smallest absolute Gasteiger partial charge is 0.345 e. The Bertz CT molecular complexity index is 1360. The average molecular weight is 518 g/mol. The summed E-state index contributed by atoms with van der Waals surface area (Å²) in [6.45, 7) is 1.19. The highest BCUT2D eigenvalue weighted by Crippen LogP contribution is 2.31. The molecule has 0 spiro atoms. The van der Waals surface area contributed by atoms with Crippen molar-refractivity contribution in [2.75, 3.05) is 0 Å². The number of halogens is 1. The molecule has 0 saturated carbocycles. The molecular weight excluding hydrogens is 493 g/mol. The van der Waals surface area contributed by atoms with Gasteiger partial charge in [0.15, 0.2) is 6.23 Å². The number of esters is 1. The molecule has 0 radical (unpaired) electrons. The van der Waals surface area contributed by atoms with Crippen LogP contribution >= 0.6 is 11.3 Å². The maximum Gasteiger partial charge on any atom is 0.345 e. The maximum absolute atomic E-state index is 14.6. The molecule has 2 aromatic heterocycles. The largest absolute Gasteiger partial charge is 0.426 e. The topological polar surface area (TPSA) is 123 Å². The van der Waals surface area contributed by atoms with E-state index >= 15 is 0 Å². The molecule has 1 N–H and O–H groups in total. The molecule has 11 heteroatoms. The minimum Gasteiger partial charge on any atom is -0.426 e. The number of fused-ring (bicyclic) bond motifs is 1. The monoisotopic (exact) mass is 517 g/mol. The lowest BCUT2D eigenvalue weighted by Gasteiger charge is -2.18. The summed E-state index contributed by atoms with van der Waals surface area (Å²) in [5.74, 6) is -2.29. The van der Waals surface area contributed by atoms with Crippen LogP contribution in [0.2, 0.25) is 0 Å². The van der Waals surface area contributed by atoms with E-state index in [1.54, 1.807) is 6.07 Å². The summed E-state index contributed by atoms with van der Waals surface area (Å²) in [4.78, 5) is 53.7. The van der Waals surface area contributed by atoms with Gasteiger partial charge in [0, 0.05) is 48.1 Å². The van der Waals surface area contributed by atoms with Crippen LogP contribution in [-0.2, 0) is 25.6 Å². The third-order valence-corrected chi connectivity index (χ3v) is 6.78. The third kappa shape index (κ3) is 5.97. The Hall–Kier alpha value is -3.57. The van der Waals surface area contributed by atoms with Crippen molar-refractivity contribution in [2.24, 2.45) is 0 Å². The van der Waals surface area contributed by atoms with Crippen LogP contribution in [-0.4, -0.2) is 34.2 Å². The molecule has 9 nitrogen and oxygen atoms in total. The van der Waals surface area contributed by atoms with Crippen LogP contribution in [0.4, 0.5) is 4.39 Å². The first-order valence-corrected chi connectivity index (χ1v) is 12.3. The van der Waals surface area contributed by atoms with Gasteiger partial charge in [-0.2, -0.15) is 0 Å². The van der Waals surface area contributed by atoms with E-state index in [1.807, 2.05) is 6.07 Å². The number of aliphatic hydroxyl groups excluding tert-OH is 1. The number of aryl methyl sites for hydroxylation is 1. The molecule has 1 amide bonds. The molecule has 3 aromatic rings. The van der Waals surface area contributed by atoms with Crippen molar-refractivity contribution in [1.29, 1.82) is 0 Å². The fourth-order valence-corrected chi connectivity index (χ4v) is 4.92. The van der Waals surface area contributed by atoms with Gasteiger partial charge in [0.1, 0.15) is 17.1 Å². The Balaban J connectivity index is 1.32. The van der Waals surface area contributed by atoms with Crippen molar-refractivity contribution in [3.05, 3.63) is 51.4 Å². The van der Waals surface area contributed by atoms with Crippen molar-refractivity contribution < 1.29 is 37.9 Å². The zero-order valence-electron chi connectivity index (χ0n) is 19.5. The summed E-state index contributed by atoms with van der Waals surface area (Å²) >= 11 is 1.40. The maximum atomic E-state index is 14.6. The lowest BCUT2D eigenvalue weighted by atomic mass is 10.1. The Labute approximate surface area is 209 Å². The first-order chi connectivity index (χ1) is 17.2. The Morgan fingerprint density at radius 2 is 2.00 bits per heavy atom. The fourth-order valence-electron chi connectivity index (χ4n) is 3.86. The van der Waals surface area contributed by atoms with Gasteiger partial charge >= 0.3 is 17.6 Å². The van der Waals surface area contributed by atoms with Gasteiger partial charge in [-0.1, -0.05) is 6.42 Å². The van der Waals surface area contributed by atoms with E-state index in [4.69, 9.17) is 14.0 Å². The van der Waals surface area contributed by atoms with Crippen molar-refractivity contribution in [1.82, 2.24) is 5.06 Å². The molecule has 4 rings (SSSR count). The highest BCUT2D eigenvalue weighted by Gasteiger charge is 2.32. The van der Waals surface area contributed by atoms with E-state index in [-0.39, 0.29) is 41.5 Å². The number of hydrogen-bond acceptors (Lipinski definition) is 9. The highest BCUT2D eigenvalue weighted by molar-refractivity contribution is 7.15. The molecule has 1 saturated heterocycles. The second kappa shape index (κ2) is 11.0. The van der Waals surface area contributed by atoms with E-state index in [0.29, 0.717) is 11.3 Å². The van der Waals surface area contributed by atoms with E-state index < -0.39 is 35.5 Å². The van der Waals surface area contributed by atoms with Crippen LogP contribution in [0.15, 0.2) is 39.5 Å². The zero-order valence-corrected chi connectivity index (χ0v) is 20.3. The van der Waals surface area contributed by atoms with Gasteiger partial charge in [0.05, 0.1) is 10.9 Å². The molecule has 1 aliphatic heterocycles. The quantitative estimate of drug-likeness (QED) is 0.195. The Morgan fingerprint density at radius 1 is 1.19 bits per heavy atom. The summed E-state index contributed by atoms with van der Waals surface area (Å²) in [6, 6.07) is 7.45. The summed E-state index contributed by atoms with van der Waals surface area (Å²) in [5.41, 5.74) is -0.409. The minimum atomic E-state index is -1.07. The van der Waals surface area contributed by atoms with Crippen molar-refractivity contribution in [3.8, 4) is 16.2 Å². The van der Waals surface area contributed by atoms with Gasteiger partial charge in [-0.15, -0.1) is 16.4 Å². The molecule has 1 fully saturated rings. The highest BCUT2D eigenvalue weighted by atomic mass is 32.1. The third-order valence-electron chi connectivity index (χ3n) is 5.60. The molecule has 1 aromatic carbocycles. The molecule has 36 heavy (non-hydrogen) atoms. The summed E-state index contributed by atoms with van der Waals surface area (Å²) in [5, 5.41) is 10.5. The fraction of sp³-hybridized carbons (Fsp3) is 0.360. The number of hydrogen-bond donors (Lipinski definition) is 1. The van der Waals surface area contributed by atoms with Crippen LogP contribution in [0.1, 0.15) is 50.3 Å². The molecular formula is C25H24FNO8S. The number of unbranched alkanes of at least 4 members (excludes halogenated alkanes) is 2. The standard InChI is InChI=1S/C25H24FNO8S/c1-14(28)33-15-11-19(26)17-13-18(25(32)34-20(17)12-15)21-8-7-16(36-21)5-3-2-4-6-24(31)35-27-22(29)9-10-23(27)30/h7-8,11-13,22,29H,2-6,9-10H2,1H3. The molecule has 3 heterocycles. The van der Waals surface area contributed by atoms with E-state index in [0.717, 1.165) is 35.3 Å². The molecule has 1 unspecified atom stereocenters. The SMILES string of the molecule is CC(=O)Oc1cc(F)c2cc(-c3ccc(CCCCCC(=O)ON4C(=O)CCC4O)s3)c(=O)oc2c1. The second-order valence-corrected chi connectivity index (χ2v) is 9.56. The number of benzene rings is 1. The number of amides is 1. The van der Waals surface area contributed by atoms with Gasteiger partial charge in [-0.3, -0.25) is 9.59 Å². The minimum absolute atomic E-state index is 0.0149. The lowest BCUT2D eigenvalue weighted by molar-refractivity contribution is -0.220. The second-order valence-electron chi connectivity index (χ2n) is 8.39. The first-order valence-electron chi connectivity index (χ1n) is 11.5. The number of nitrogens with zero attached hydrogens (tertiary/aromatic N) is 1. The molecule has 0 aliphatic carbocycles. The molecule has 1 atom stereocenters. The van der Waals surface area contributed by atoms with Crippen LogP contribution in [0, 0.1) is 5.82 Å². The predicted octanol–water partition coefficient (Wildman–Crippen LogP) is 4.09. The van der Waals surface area contributed by atoms with Crippen LogP contribution in [0.25, 0.3) is 21.4 Å². The van der Waals surface area contributed by atoms with Crippen LogP contribution in [0.3, 0.4) is 0 Å². The zero-order chi connectivity index (χ0) is 25.8. The van der Waals surface area contributed by atoms with E-state index in [1.165, 1.54) is 30.4 Å². The molecule has 0 bridgehead atoms. The number of rotatable bonds is 9. The normalized spacial score (nSPS) is 15.5. The van der Waals surface area contributed by atoms with Crippen molar-refractivity contribution >= 4 is 40.2 Å². The van der Waals surface area contributed by atoms with E-state index in [9.17, 15) is 28.7 Å². The van der Waals surface area contributed by atoms with Crippen LogP contribution in [0.5, 0.6) is 5.75 Å².